The van der Waals surface area contributed by atoms with Crippen LogP contribution in [0.3, 0.4) is 0 Å². The van der Waals surface area contributed by atoms with Crippen LogP contribution < -0.4 is 0 Å². The van der Waals surface area contributed by atoms with E-state index in [4.69, 9.17) is 16.7 Å². The summed E-state index contributed by atoms with van der Waals surface area (Å²) in [7, 11) is 0. The predicted molar refractivity (Wildman–Crippen MR) is 62.1 cm³/mol. The Morgan fingerprint density at radius 1 is 1.25 bits per heavy atom. The fourth-order valence-corrected chi connectivity index (χ4v) is 1.82. The minimum atomic E-state index is -0.855. The van der Waals surface area contributed by atoms with Crippen LogP contribution in [0.2, 0.25) is 5.02 Å². The Labute approximate surface area is 97.9 Å². The van der Waals surface area contributed by atoms with Gasteiger partial charge in [-0.15, -0.1) is 0 Å². The predicted octanol–water partition coefficient (Wildman–Crippen LogP) is 2.76. The Morgan fingerprint density at radius 2 is 2.00 bits per heavy atom. The number of aliphatic carboxylic acids is 1. The summed E-state index contributed by atoms with van der Waals surface area (Å²) in [6, 6.07) is 10.9. The zero-order chi connectivity index (χ0) is 11.5. The van der Waals surface area contributed by atoms with Gasteiger partial charge in [-0.05, 0) is 24.3 Å². The number of carboxylic acid groups (broad SMARTS) is 1. The fourth-order valence-electron chi connectivity index (χ4n) is 1.60. The third-order valence-electron chi connectivity index (χ3n) is 2.28. The van der Waals surface area contributed by atoms with Crippen LogP contribution in [0.4, 0.5) is 0 Å². The third kappa shape index (κ3) is 2.09. The molecule has 0 bridgehead atoms. The zero-order valence-electron chi connectivity index (χ0n) is 8.43. The molecular formula is C12H10ClNO2. The second-order valence-electron chi connectivity index (χ2n) is 3.39. The topological polar surface area (TPSA) is 42.2 Å². The number of hydrogen-bond donors (Lipinski definition) is 1. The molecule has 16 heavy (non-hydrogen) atoms. The van der Waals surface area contributed by atoms with Crippen LogP contribution in [0.1, 0.15) is 5.69 Å². The summed E-state index contributed by atoms with van der Waals surface area (Å²) in [4.78, 5) is 10.7. The molecule has 0 unspecified atom stereocenters. The van der Waals surface area contributed by atoms with Crippen molar-refractivity contribution in [3.8, 4) is 5.69 Å². The average Bonchev–Trinajstić information content (AvgIpc) is 2.66. The van der Waals surface area contributed by atoms with E-state index < -0.39 is 5.97 Å². The molecule has 2 rings (SSSR count). The molecule has 0 radical (unpaired) electrons. The lowest BCUT2D eigenvalue weighted by atomic mass is 10.2. The van der Waals surface area contributed by atoms with E-state index >= 15 is 0 Å². The fraction of sp³-hybridized carbons (Fsp3) is 0.0833. The quantitative estimate of drug-likeness (QED) is 0.889. The van der Waals surface area contributed by atoms with Gasteiger partial charge in [-0.2, -0.15) is 0 Å². The molecule has 0 fully saturated rings. The first-order chi connectivity index (χ1) is 7.68. The number of carboxylic acids is 1. The highest BCUT2D eigenvalue weighted by molar-refractivity contribution is 6.32. The van der Waals surface area contributed by atoms with Crippen molar-refractivity contribution in [2.45, 2.75) is 6.42 Å². The van der Waals surface area contributed by atoms with Crippen molar-refractivity contribution in [1.82, 2.24) is 4.57 Å². The van der Waals surface area contributed by atoms with E-state index in [1.54, 1.807) is 22.9 Å². The van der Waals surface area contributed by atoms with Crippen LogP contribution in [0, 0.1) is 0 Å². The van der Waals surface area contributed by atoms with E-state index in [0.717, 1.165) is 5.69 Å². The van der Waals surface area contributed by atoms with E-state index in [1.807, 2.05) is 24.3 Å². The van der Waals surface area contributed by atoms with Crippen LogP contribution in [-0.2, 0) is 11.2 Å². The van der Waals surface area contributed by atoms with Crippen LogP contribution >= 0.6 is 11.6 Å². The Hall–Kier alpha value is -1.74. The minimum absolute atomic E-state index is 0.0157. The van der Waals surface area contributed by atoms with Gasteiger partial charge in [0.25, 0.3) is 0 Å². The molecule has 0 saturated heterocycles. The minimum Gasteiger partial charge on any atom is -0.481 e. The van der Waals surface area contributed by atoms with Crippen LogP contribution in [0.25, 0.3) is 5.69 Å². The lowest BCUT2D eigenvalue weighted by Gasteiger charge is -2.09. The van der Waals surface area contributed by atoms with Gasteiger partial charge in [0.15, 0.2) is 0 Å². The summed E-state index contributed by atoms with van der Waals surface area (Å²) in [5, 5.41) is 9.38. The van der Waals surface area contributed by atoms with Gasteiger partial charge in [0.1, 0.15) is 0 Å². The van der Waals surface area contributed by atoms with E-state index in [0.29, 0.717) is 10.7 Å². The maximum Gasteiger partial charge on any atom is 0.309 e. The second kappa shape index (κ2) is 4.41. The van der Waals surface area contributed by atoms with Gasteiger partial charge < -0.3 is 9.67 Å². The Bertz CT molecular complexity index is 519. The van der Waals surface area contributed by atoms with E-state index in [2.05, 4.69) is 0 Å². The van der Waals surface area contributed by atoms with Gasteiger partial charge in [-0.1, -0.05) is 23.7 Å². The van der Waals surface area contributed by atoms with Crippen LogP contribution in [0.5, 0.6) is 0 Å². The normalized spacial score (nSPS) is 10.3. The second-order valence-corrected chi connectivity index (χ2v) is 3.80. The Balaban J connectivity index is 2.45. The SMILES string of the molecule is O=C(O)Cc1cccn1-c1ccccc1Cl. The zero-order valence-corrected chi connectivity index (χ0v) is 9.19. The number of aromatic nitrogens is 1. The van der Waals surface area contributed by atoms with E-state index in [9.17, 15) is 4.79 Å². The first-order valence-electron chi connectivity index (χ1n) is 4.81. The molecule has 0 amide bonds. The van der Waals surface area contributed by atoms with Crippen molar-refractivity contribution in [3.05, 3.63) is 53.3 Å². The van der Waals surface area contributed by atoms with Crippen LogP contribution in [-0.4, -0.2) is 15.6 Å². The van der Waals surface area contributed by atoms with Gasteiger partial charge in [0.2, 0.25) is 0 Å². The summed E-state index contributed by atoms with van der Waals surface area (Å²) in [6.45, 7) is 0. The van der Waals surface area contributed by atoms with Crippen LogP contribution in [0.15, 0.2) is 42.6 Å². The third-order valence-corrected chi connectivity index (χ3v) is 2.60. The molecule has 1 aromatic carbocycles. The Morgan fingerprint density at radius 3 is 2.69 bits per heavy atom. The Kier molecular flexibility index (Phi) is 2.97. The highest BCUT2D eigenvalue weighted by Gasteiger charge is 2.09. The monoisotopic (exact) mass is 235 g/mol. The number of benzene rings is 1. The highest BCUT2D eigenvalue weighted by atomic mass is 35.5. The summed E-state index contributed by atoms with van der Waals surface area (Å²) in [5.41, 5.74) is 1.51. The molecule has 0 atom stereocenters. The molecular weight excluding hydrogens is 226 g/mol. The summed E-state index contributed by atoms with van der Waals surface area (Å²) >= 11 is 6.06. The maximum absolute atomic E-state index is 10.7. The number of rotatable bonds is 3. The summed E-state index contributed by atoms with van der Waals surface area (Å²) < 4.78 is 1.79. The lowest BCUT2D eigenvalue weighted by molar-refractivity contribution is -0.136. The van der Waals surface area contributed by atoms with E-state index in [1.165, 1.54) is 0 Å². The average molecular weight is 236 g/mol. The number of para-hydroxylation sites is 1. The van der Waals surface area contributed by atoms with E-state index in [-0.39, 0.29) is 6.42 Å². The highest BCUT2D eigenvalue weighted by Crippen LogP contribution is 2.21. The van der Waals surface area contributed by atoms with Gasteiger partial charge in [-0.25, -0.2) is 0 Å². The number of halogens is 1. The molecule has 0 saturated carbocycles. The molecule has 0 spiro atoms. The van der Waals surface area contributed by atoms with Gasteiger partial charge in [-0.3, -0.25) is 4.79 Å². The number of nitrogens with zero attached hydrogens (tertiary/aromatic N) is 1. The molecule has 1 N–H and O–H groups in total. The molecule has 0 aliphatic carbocycles. The number of carbonyl (C=O) groups is 1. The first kappa shape index (κ1) is 10.8. The van der Waals surface area contributed by atoms with Gasteiger partial charge in [0.05, 0.1) is 17.1 Å². The molecule has 1 heterocycles. The first-order valence-corrected chi connectivity index (χ1v) is 5.19. The molecule has 4 heteroatoms. The molecule has 1 aromatic heterocycles. The molecule has 0 aliphatic heterocycles. The molecule has 0 aliphatic rings. The van der Waals surface area contributed by atoms with Crippen molar-refractivity contribution in [2.75, 3.05) is 0 Å². The largest absolute Gasteiger partial charge is 0.481 e. The van der Waals surface area contributed by atoms with Crippen molar-refractivity contribution in [1.29, 1.82) is 0 Å². The maximum atomic E-state index is 10.7. The standard InChI is InChI=1S/C12H10ClNO2/c13-10-5-1-2-6-11(10)14-7-3-4-9(14)8-12(15)16/h1-7H,8H2,(H,15,16). The summed E-state index contributed by atoms with van der Waals surface area (Å²) in [5.74, 6) is -0.855. The van der Waals surface area contributed by atoms with Crippen molar-refractivity contribution in [2.24, 2.45) is 0 Å². The lowest BCUT2D eigenvalue weighted by Crippen LogP contribution is -2.06. The molecule has 2 aromatic rings. The smallest absolute Gasteiger partial charge is 0.309 e. The molecule has 3 nitrogen and oxygen atoms in total. The number of hydrogen-bond acceptors (Lipinski definition) is 1. The molecule has 82 valence electrons. The van der Waals surface area contributed by atoms with Crippen molar-refractivity contribution >= 4 is 17.6 Å². The van der Waals surface area contributed by atoms with Gasteiger partial charge in [0, 0.05) is 11.9 Å². The van der Waals surface area contributed by atoms with Gasteiger partial charge >= 0.3 is 5.97 Å². The van der Waals surface area contributed by atoms with Crippen molar-refractivity contribution < 1.29 is 9.90 Å². The van der Waals surface area contributed by atoms with Crippen molar-refractivity contribution in [3.63, 3.8) is 0 Å². The summed E-state index contributed by atoms with van der Waals surface area (Å²) in [6.07, 6.45) is 1.79.